The lowest BCUT2D eigenvalue weighted by atomic mass is 10.2. The number of hydrogen-bond acceptors (Lipinski definition) is 4. The zero-order valence-electron chi connectivity index (χ0n) is 11.8. The number of ether oxygens (including phenoxy) is 1. The maximum Gasteiger partial charge on any atom is 0.410 e. The van der Waals surface area contributed by atoms with E-state index in [0.717, 1.165) is 6.42 Å². The third-order valence-electron chi connectivity index (χ3n) is 3.23. The van der Waals surface area contributed by atoms with E-state index in [-0.39, 0.29) is 24.1 Å². The average Bonchev–Trinajstić information content (AvgIpc) is 3.03. The van der Waals surface area contributed by atoms with Crippen molar-refractivity contribution in [3.63, 3.8) is 0 Å². The second-order valence-corrected chi connectivity index (χ2v) is 6.17. The first-order chi connectivity index (χ1) is 9.56. The highest BCUT2D eigenvalue weighted by Gasteiger charge is 2.32. The van der Waals surface area contributed by atoms with Gasteiger partial charge in [0, 0.05) is 17.3 Å². The van der Waals surface area contributed by atoms with Crippen molar-refractivity contribution in [2.75, 3.05) is 13.1 Å². The van der Waals surface area contributed by atoms with Crippen molar-refractivity contribution in [2.24, 2.45) is 0 Å². The zero-order valence-corrected chi connectivity index (χ0v) is 12.6. The van der Waals surface area contributed by atoms with Crippen LogP contribution in [0.2, 0.25) is 0 Å². The van der Waals surface area contributed by atoms with Crippen molar-refractivity contribution in [3.05, 3.63) is 22.4 Å². The number of carbonyl (C=O) groups is 2. The fraction of sp³-hybridized carbons (Fsp3) is 0.571. The largest absolute Gasteiger partial charge is 0.442 e. The second kappa shape index (κ2) is 6.74. The molecule has 20 heavy (non-hydrogen) atoms. The number of thiophene rings is 1. The van der Waals surface area contributed by atoms with E-state index in [1.165, 1.54) is 4.88 Å². The number of hydrogen-bond donors (Lipinski definition) is 1. The van der Waals surface area contributed by atoms with E-state index in [1.54, 1.807) is 16.2 Å². The lowest BCUT2D eigenvalue weighted by Crippen LogP contribution is -2.36. The number of nitrogens with one attached hydrogen (secondary N) is 1. The minimum atomic E-state index is -0.294. The molecule has 0 radical (unpaired) electrons. The standard InChI is InChI=1S/C14H20N2O3S/c1-10(2)16-9-11(19-14(16)18)8-15-13(17)6-5-12-4-3-7-20-12/h3-4,7,10-11H,5-6,8-9H2,1-2H3,(H,15,17). The maximum absolute atomic E-state index is 11.7. The van der Waals surface area contributed by atoms with Gasteiger partial charge in [-0.05, 0) is 31.7 Å². The second-order valence-electron chi connectivity index (χ2n) is 5.14. The first kappa shape index (κ1) is 14.8. The highest BCUT2D eigenvalue weighted by Crippen LogP contribution is 2.14. The van der Waals surface area contributed by atoms with E-state index in [1.807, 2.05) is 31.4 Å². The summed E-state index contributed by atoms with van der Waals surface area (Å²) in [6.45, 7) is 4.83. The van der Waals surface area contributed by atoms with Crippen molar-refractivity contribution in [1.29, 1.82) is 0 Å². The predicted octanol–water partition coefficient (Wildman–Crippen LogP) is 2.03. The van der Waals surface area contributed by atoms with Gasteiger partial charge in [0.05, 0.1) is 13.1 Å². The Hall–Kier alpha value is -1.56. The third-order valence-corrected chi connectivity index (χ3v) is 4.17. The molecule has 1 aliphatic rings. The smallest absolute Gasteiger partial charge is 0.410 e. The fourth-order valence-electron chi connectivity index (χ4n) is 2.08. The third kappa shape index (κ3) is 3.96. The highest BCUT2D eigenvalue weighted by molar-refractivity contribution is 7.09. The SMILES string of the molecule is CC(C)N1CC(CNC(=O)CCc2cccs2)OC1=O. The van der Waals surface area contributed by atoms with Gasteiger partial charge in [-0.15, -0.1) is 11.3 Å². The van der Waals surface area contributed by atoms with Gasteiger partial charge < -0.3 is 15.0 Å². The first-order valence-corrected chi connectivity index (χ1v) is 7.70. The Bertz CT molecular complexity index is 459. The molecule has 1 atom stereocenters. The van der Waals surface area contributed by atoms with Gasteiger partial charge in [-0.25, -0.2) is 4.79 Å². The van der Waals surface area contributed by atoms with Crippen LogP contribution >= 0.6 is 11.3 Å². The molecule has 1 fully saturated rings. The molecule has 2 amide bonds. The summed E-state index contributed by atoms with van der Waals surface area (Å²) in [6, 6.07) is 4.13. The minimum absolute atomic E-state index is 0.00236. The summed E-state index contributed by atoms with van der Waals surface area (Å²) in [5, 5.41) is 4.83. The highest BCUT2D eigenvalue weighted by atomic mass is 32.1. The van der Waals surface area contributed by atoms with Crippen LogP contribution in [-0.4, -0.2) is 42.1 Å². The van der Waals surface area contributed by atoms with Gasteiger partial charge in [-0.3, -0.25) is 4.79 Å². The van der Waals surface area contributed by atoms with E-state index in [0.29, 0.717) is 19.5 Å². The molecule has 5 nitrogen and oxygen atoms in total. The van der Waals surface area contributed by atoms with E-state index >= 15 is 0 Å². The molecule has 6 heteroatoms. The molecule has 2 rings (SSSR count). The number of cyclic esters (lactones) is 1. The summed E-state index contributed by atoms with van der Waals surface area (Å²) < 4.78 is 5.21. The summed E-state index contributed by atoms with van der Waals surface area (Å²) >= 11 is 1.66. The van der Waals surface area contributed by atoms with Crippen LogP contribution in [0.1, 0.15) is 25.1 Å². The normalized spacial score (nSPS) is 18.4. The van der Waals surface area contributed by atoms with Crippen molar-refractivity contribution in [2.45, 2.75) is 38.8 Å². The summed E-state index contributed by atoms with van der Waals surface area (Å²) in [5.74, 6) is -0.00236. The Morgan fingerprint density at radius 3 is 3.00 bits per heavy atom. The molecule has 0 spiro atoms. The van der Waals surface area contributed by atoms with Crippen LogP contribution in [0.25, 0.3) is 0 Å². The average molecular weight is 296 g/mol. The summed E-state index contributed by atoms with van der Waals surface area (Å²) in [7, 11) is 0. The van der Waals surface area contributed by atoms with Crippen LogP contribution in [0.3, 0.4) is 0 Å². The van der Waals surface area contributed by atoms with Crippen LogP contribution in [0.15, 0.2) is 17.5 Å². The van der Waals surface area contributed by atoms with Gasteiger partial charge in [-0.1, -0.05) is 6.07 Å². The van der Waals surface area contributed by atoms with Crippen molar-refractivity contribution in [3.8, 4) is 0 Å². The van der Waals surface area contributed by atoms with Gasteiger partial charge in [0.1, 0.15) is 6.10 Å². The lowest BCUT2D eigenvalue weighted by Gasteiger charge is -2.16. The van der Waals surface area contributed by atoms with Gasteiger partial charge in [-0.2, -0.15) is 0 Å². The van der Waals surface area contributed by atoms with Crippen LogP contribution in [-0.2, 0) is 16.0 Å². The quantitative estimate of drug-likeness (QED) is 0.874. The summed E-state index contributed by atoms with van der Waals surface area (Å²) in [5.41, 5.74) is 0. The number of nitrogens with zero attached hydrogens (tertiary/aromatic N) is 1. The van der Waals surface area contributed by atoms with Gasteiger partial charge in [0.25, 0.3) is 0 Å². The van der Waals surface area contributed by atoms with Crippen molar-refractivity contribution >= 4 is 23.3 Å². The van der Waals surface area contributed by atoms with E-state index in [2.05, 4.69) is 5.32 Å². The van der Waals surface area contributed by atoms with Crippen LogP contribution in [0, 0.1) is 0 Å². The zero-order chi connectivity index (χ0) is 14.5. The van der Waals surface area contributed by atoms with Gasteiger partial charge in [0.15, 0.2) is 0 Å². The van der Waals surface area contributed by atoms with Crippen molar-refractivity contribution < 1.29 is 14.3 Å². The van der Waals surface area contributed by atoms with Gasteiger partial charge >= 0.3 is 6.09 Å². The monoisotopic (exact) mass is 296 g/mol. The molecule has 0 saturated carbocycles. The minimum Gasteiger partial charge on any atom is -0.442 e. The molecule has 1 aliphatic heterocycles. The molecule has 1 unspecified atom stereocenters. The Kier molecular flexibility index (Phi) is 5.00. The maximum atomic E-state index is 11.7. The predicted molar refractivity (Wildman–Crippen MR) is 77.8 cm³/mol. The molecule has 110 valence electrons. The Morgan fingerprint density at radius 2 is 2.40 bits per heavy atom. The molecule has 1 N–H and O–H groups in total. The summed E-state index contributed by atoms with van der Waals surface area (Å²) in [4.78, 5) is 26.2. The van der Waals surface area contributed by atoms with Crippen LogP contribution < -0.4 is 5.32 Å². The Morgan fingerprint density at radius 1 is 1.60 bits per heavy atom. The Balaban J connectivity index is 1.68. The molecular formula is C14H20N2O3S. The molecule has 1 saturated heterocycles. The fourth-order valence-corrected chi connectivity index (χ4v) is 2.79. The van der Waals surface area contributed by atoms with Crippen molar-refractivity contribution in [1.82, 2.24) is 10.2 Å². The molecule has 0 bridgehead atoms. The number of rotatable bonds is 6. The van der Waals surface area contributed by atoms with E-state index in [9.17, 15) is 9.59 Å². The summed E-state index contributed by atoms with van der Waals surface area (Å²) in [6.07, 6.45) is 0.689. The number of amides is 2. The van der Waals surface area contributed by atoms with Crippen LogP contribution in [0.4, 0.5) is 4.79 Å². The number of aryl methyl sites for hydroxylation is 1. The molecule has 1 aromatic heterocycles. The topological polar surface area (TPSA) is 58.6 Å². The van der Waals surface area contributed by atoms with E-state index in [4.69, 9.17) is 4.74 Å². The lowest BCUT2D eigenvalue weighted by molar-refractivity contribution is -0.121. The molecule has 0 aliphatic carbocycles. The molecule has 2 heterocycles. The first-order valence-electron chi connectivity index (χ1n) is 6.82. The molecule has 1 aromatic rings. The molecule has 0 aromatic carbocycles. The number of carbonyl (C=O) groups excluding carboxylic acids is 2. The Labute approximate surface area is 122 Å². The molecular weight excluding hydrogens is 276 g/mol. The van der Waals surface area contributed by atoms with Gasteiger partial charge in [0.2, 0.25) is 5.91 Å². The van der Waals surface area contributed by atoms with E-state index < -0.39 is 0 Å². The van der Waals surface area contributed by atoms with Crippen LogP contribution in [0.5, 0.6) is 0 Å².